The summed E-state index contributed by atoms with van der Waals surface area (Å²) in [5.74, 6) is -0.671. The van der Waals surface area contributed by atoms with Gasteiger partial charge in [-0.3, -0.25) is 6.29 Å². The molecule has 0 N–H and O–H groups in total. The number of hydrogen-bond acceptors (Lipinski definition) is 2. The summed E-state index contributed by atoms with van der Waals surface area (Å²) in [4.78, 5) is 19.7. The Kier molecular flexibility index (Phi) is 7.86. The minimum absolute atomic E-state index is 0. The van der Waals surface area contributed by atoms with Gasteiger partial charge < -0.3 is 9.59 Å². The van der Waals surface area contributed by atoms with E-state index in [0.29, 0.717) is 0 Å². The monoisotopic (exact) mass is 188 g/mol. The second-order valence-corrected chi connectivity index (χ2v) is 1.45. The number of carbonyl (C=O) groups excluding carboxylic acids is 2. The molecule has 0 aromatic heterocycles. The maximum absolute atomic E-state index is 10.1. The summed E-state index contributed by atoms with van der Waals surface area (Å²) in [6, 6.07) is 0. The van der Waals surface area contributed by atoms with Crippen LogP contribution in [-0.4, -0.2) is 12.1 Å². The van der Waals surface area contributed by atoms with Gasteiger partial charge >= 0.3 is 0 Å². The number of hydrogen-bond donors (Lipinski definition) is 0. The van der Waals surface area contributed by atoms with Gasteiger partial charge in [-0.25, -0.2) is 0 Å². The van der Waals surface area contributed by atoms with Crippen LogP contribution in [0.5, 0.6) is 0 Å². The molecular formula is C5H7O2Y-. The van der Waals surface area contributed by atoms with Crippen molar-refractivity contribution in [3.63, 3.8) is 0 Å². The Morgan fingerprint density at radius 1 is 1.62 bits per heavy atom. The molecule has 0 aromatic rings. The first-order valence-corrected chi connectivity index (χ1v) is 2.06. The van der Waals surface area contributed by atoms with Crippen LogP contribution in [0.1, 0.15) is 13.8 Å². The molecule has 0 aliphatic heterocycles. The van der Waals surface area contributed by atoms with Crippen LogP contribution in [0.25, 0.3) is 0 Å². The van der Waals surface area contributed by atoms with Crippen molar-refractivity contribution in [2.45, 2.75) is 13.8 Å². The number of carbonyl (C=O) groups is 1. The maximum atomic E-state index is 10.1. The van der Waals surface area contributed by atoms with Crippen LogP contribution >= 0.6 is 0 Å². The number of rotatable bonds is 2. The zero-order valence-electron chi connectivity index (χ0n) is 4.97. The molecule has 43 valence electrons. The molecular weight excluding hydrogens is 181 g/mol. The van der Waals surface area contributed by atoms with E-state index in [1.54, 1.807) is 6.29 Å². The average Bonchev–Trinajstić information content (AvgIpc) is 1.65. The summed E-state index contributed by atoms with van der Waals surface area (Å²) in [5, 5.41) is 0. The quantitative estimate of drug-likeness (QED) is 0.461. The standard InChI is InChI=1S/C5H7O2.Y/c1-4(3-6)5(2)7;/h4H,1-2H3;/q-1;. The third-order valence-corrected chi connectivity index (χ3v) is 0.787. The molecule has 0 heterocycles. The van der Waals surface area contributed by atoms with Crippen LogP contribution in [0, 0.1) is 5.92 Å². The van der Waals surface area contributed by atoms with Crippen molar-refractivity contribution in [1.29, 1.82) is 0 Å². The smallest absolute Gasteiger partial charge is 0.106 e. The topological polar surface area (TPSA) is 34.1 Å². The third-order valence-electron chi connectivity index (χ3n) is 0.787. The largest absolute Gasteiger partial charge is 0.541 e. The van der Waals surface area contributed by atoms with E-state index in [-0.39, 0.29) is 38.5 Å². The summed E-state index contributed by atoms with van der Waals surface area (Å²) in [7, 11) is 0. The predicted molar refractivity (Wildman–Crippen MR) is 25.5 cm³/mol. The molecule has 0 saturated carbocycles. The van der Waals surface area contributed by atoms with Gasteiger partial charge in [-0.05, 0) is 6.92 Å². The van der Waals surface area contributed by atoms with Gasteiger partial charge in [0.05, 0.1) is 0 Å². The molecule has 0 aliphatic rings. The molecule has 0 spiro atoms. The van der Waals surface area contributed by atoms with E-state index in [1.165, 1.54) is 13.8 Å². The minimum Gasteiger partial charge on any atom is -0.541 e. The summed E-state index contributed by atoms with van der Waals surface area (Å²) < 4.78 is 0. The number of ketones is 1. The van der Waals surface area contributed by atoms with Crippen molar-refractivity contribution in [1.82, 2.24) is 0 Å². The van der Waals surface area contributed by atoms with E-state index in [0.717, 1.165) is 0 Å². The van der Waals surface area contributed by atoms with Crippen LogP contribution < -0.4 is 0 Å². The van der Waals surface area contributed by atoms with E-state index < -0.39 is 5.92 Å². The van der Waals surface area contributed by atoms with Crippen molar-refractivity contribution in [2.24, 2.45) is 5.92 Å². The van der Waals surface area contributed by atoms with Gasteiger partial charge in [0.15, 0.2) is 0 Å². The van der Waals surface area contributed by atoms with E-state index in [2.05, 4.69) is 0 Å². The fourth-order valence-electron chi connectivity index (χ4n) is 0.0830. The number of Topliss-reactive ketones (excluding diaryl/α,β-unsaturated/α-hetero) is 1. The minimum atomic E-state index is -0.542. The van der Waals surface area contributed by atoms with E-state index in [9.17, 15) is 9.59 Å². The molecule has 0 aliphatic carbocycles. The molecule has 0 rings (SSSR count). The zero-order chi connectivity index (χ0) is 5.86. The Balaban J connectivity index is 0. The van der Waals surface area contributed by atoms with E-state index in [1.807, 2.05) is 0 Å². The van der Waals surface area contributed by atoms with E-state index in [4.69, 9.17) is 0 Å². The molecule has 0 fully saturated rings. The van der Waals surface area contributed by atoms with Crippen LogP contribution in [-0.2, 0) is 42.3 Å². The fourth-order valence-corrected chi connectivity index (χ4v) is 0.0830. The van der Waals surface area contributed by atoms with E-state index >= 15 is 0 Å². The van der Waals surface area contributed by atoms with Crippen molar-refractivity contribution < 1.29 is 42.3 Å². The van der Waals surface area contributed by atoms with Crippen molar-refractivity contribution in [3.05, 3.63) is 0 Å². The fraction of sp³-hybridized carbons (Fsp3) is 0.600. The summed E-state index contributed by atoms with van der Waals surface area (Å²) in [5.41, 5.74) is 0. The average molecular weight is 188 g/mol. The molecule has 1 atom stereocenters. The maximum Gasteiger partial charge on any atom is 0.106 e. The van der Waals surface area contributed by atoms with Crippen molar-refractivity contribution >= 4 is 12.1 Å². The first kappa shape index (κ1) is 11.3. The summed E-state index contributed by atoms with van der Waals surface area (Å²) in [6.45, 7) is 2.89. The summed E-state index contributed by atoms with van der Waals surface area (Å²) in [6.07, 6.45) is 1.56. The Morgan fingerprint density at radius 2 is 2.00 bits per heavy atom. The van der Waals surface area contributed by atoms with Gasteiger partial charge in [-0.15, -0.1) is 0 Å². The molecule has 2 nitrogen and oxygen atoms in total. The second kappa shape index (κ2) is 5.58. The Labute approximate surface area is 73.9 Å². The molecule has 0 bridgehead atoms. The molecule has 1 unspecified atom stereocenters. The molecule has 0 amide bonds. The molecule has 0 saturated heterocycles. The first-order chi connectivity index (χ1) is 3.18. The Bertz CT molecular complexity index is 90.4. The van der Waals surface area contributed by atoms with Crippen LogP contribution in [0.3, 0.4) is 0 Å². The van der Waals surface area contributed by atoms with Crippen LogP contribution in [0.15, 0.2) is 0 Å². The van der Waals surface area contributed by atoms with Gasteiger partial charge in [0.1, 0.15) is 5.78 Å². The first-order valence-electron chi connectivity index (χ1n) is 2.06. The zero-order valence-corrected chi connectivity index (χ0v) is 7.81. The SMILES string of the molecule is CC(=O)C(C)[C-]=O.[Y]. The third kappa shape index (κ3) is 4.60. The Hall–Kier alpha value is 0.444. The van der Waals surface area contributed by atoms with Crippen LogP contribution in [0.4, 0.5) is 0 Å². The van der Waals surface area contributed by atoms with Crippen LogP contribution in [0.2, 0.25) is 0 Å². The van der Waals surface area contributed by atoms with Gasteiger partial charge in [-0.2, -0.15) is 0 Å². The predicted octanol–water partition coefficient (Wildman–Crippen LogP) is 0.319. The van der Waals surface area contributed by atoms with Crippen molar-refractivity contribution in [3.8, 4) is 0 Å². The van der Waals surface area contributed by atoms with Crippen molar-refractivity contribution in [2.75, 3.05) is 0 Å². The normalized spacial score (nSPS) is 11.2. The van der Waals surface area contributed by atoms with Gasteiger partial charge in [0.2, 0.25) is 0 Å². The van der Waals surface area contributed by atoms with Gasteiger partial charge in [0, 0.05) is 32.7 Å². The Morgan fingerprint density at radius 3 is 2.00 bits per heavy atom. The second-order valence-electron chi connectivity index (χ2n) is 1.45. The summed E-state index contributed by atoms with van der Waals surface area (Å²) >= 11 is 0. The molecule has 1 radical (unpaired) electrons. The molecule has 3 heteroatoms. The van der Waals surface area contributed by atoms with Gasteiger partial charge in [0.25, 0.3) is 0 Å². The molecule has 0 aromatic carbocycles. The van der Waals surface area contributed by atoms with Gasteiger partial charge in [-0.1, -0.05) is 12.8 Å². The molecule has 8 heavy (non-hydrogen) atoms.